The molecule has 1 saturated heterocycles. The minimum atomic E-state index is 0.284. The van der Waals surface area contributed by atoms with Gasteiger partial charge in [-0.2, -0.15) is 5.26 Å². The summed E-state index contributed by atoms with van der Waals surface area (Å²) in [5.41, 5.74) is 0. The molecule has 0 aliphatic carbocycles. The van der Waals surface area contributed by atoms with Crippen molar-refractivity contribution < 1.29 is 0 Å². The van der Waals surface area contributed by atoms with E-state index in [0.717, 1.165) is 19.4 Å². The SMILES string of the molecule is C=CCCCCCN1CCCC(C#N)C1. The third-order valence-corrected chi connectivity index (χ3v) is 3.07. The van der Waals surface area contributed by atoms with E-state index < -0.39 is 0 Å². The molecule has 1 rings (SSSR count). The van der Waals surface area contributed by atoms with Gasteiger partial charge in [0.05, 0.1) is 12.0 Å². The third kappa shape index (κ3) is 4.99. The van der Waals surface area contributed by atoms with Crippen LogP contribution in [0.4, 0.5) is 0 Å². The molecule has 84 valence electrons. The maximum atomic E-state index is 8.86. The second kappa shape index (κ2) is 7.48. The fraction of sp³-hybridized carbons (Fsp3) is 0.769. The summed E-state index contributed by atoms with van der Waals surface area (Å²) < 4.78 is 0. The fourth-order valence-electron chi connectivity index (χ4n) is 2.16. The highest BCUT2D eigenvalue weighted by atomic mass is 15.1. The summed E-state index contributed by atoms with van der Waals surface area (Å²) >= 11 is 0. The largest absolute Gasteiger partial charge is 0.302 e. The Hall–Kier alpha value is -0.810. The number of hydrogen-bond donors (Lipinski definition) is 0. The molecule has 0 radical (unpaired) electrons. The van der Waals surface area contributed by atoms with Crippen LogP contribution in [-0.4, -0.2) is 24.5 Å². The number of likely N-dealkylation sites (tertiary alicyclic amines) is 1. The molecule has 1 aliphatic rings. The lowest BCUT2D eigenvalue weighted by Gasteiger charge is -2.29. The van der Waals surface area contributed by atoms with Crippen molar-refractivity contribution in [3.8, 4) is 6.07 Å². The molecule has 1 atom stereocenters. The molecule has 1 aliphatic heterocycles. The maximum Gasteiger partial charge on any atom is 0.0669 e. The molecule has 2 heteroatoms. The summed E-state index contributed by atoms with van der Waals surface area (Å²) in [5.74, 6) is 0.284. The van der Waals surface area contributed by atoms with Gasteiger partial charge < -0.3 is 4.90 Å². The van der Waals surface area contributed by atoms with Crippen molar-refractivity contribution in [1.29, 1.82) is 5.26 Å². The Labute approximate surface area is 93.6 Å². The van der Waals surface area contributed by atoms with Gasteiger partial charge in [0.15, 0.2) is 0 Å². The van der Waals surface area contributed by atoms with Crippen LogP contribution in [0.3, 0.4) is 0 Å². The molecule has 2 nitrogen and oxygen atoms in total. The summed E-state index contributed by atoms with van der Waals surface area (Å²) in [7, 11) is 0. The first-order valence-electron chi connectivity index (χ1n) is 6.09. The quantitative estimate of drug-likeness (QED) is 0.493. The van der Waals surface area contributed by atoms with Crippen molar-refractivity contribution in [1.82, 2.24) is 4.90 Å². The monoisotopic (exact) mass is 206 g/mol. The molecular formula is C13H22N2. The molecule has 0 bridgehead atoms. The average Bonchev–Trinajstić information content (AvgIpc) is 2.29. The van der Waals surface area contributed by atoms with Gasteiger partial charge in [-0.05, 0) is 45.2 Å². The van der Waals surface area contributed by atoms with Gasteiger partial charge in [0, 0.05) is 6.54 Å². The van der Waals surface area contributed by atoms with Gasteiger partial charge in [0.1, 0.15) is 0 Å². The molecule has 0 aromatic rings. The Kier molecular flexibility index (Phi) is 6.11. The second-order valence-corrected chi connectivity index (χ2v) is 4.41. The van der Waals surface area contributed by atoms with Crippen molar-refractivity contribution in [2.75, 3.05) is 19.6 Å². The topological polar surface area (TPSA) is 27.0 Å². The number of allylic oxidation sites excluding steroid dienone is 1. The number of unbranched alkanes of at least 4 members (excludes halogenated alkanes) is 3. The van der Waals surface area contributed by atoms with Gasteiger partial charge in [0.2, 0.25) is 0 Å². The smallest absolute Gasteiger partial charge is 0.0669 e. The molecule has 1 unspecified atom stereocenters. The molecule has 0 saturated carbocycles. The lowest BCUT2D eigenvalue weighted by atomic mass is 9.99. The van der Waals surface area contributed by atoms with Gasteiger partial charge in [-0.3, -0.25) is 0 Å². The maximum absolute atomic E-state index is 8.86. The Bertz CT molecular complexity index is 217. The van der Waals surface area contributed by atoms with Crippen molar-refractivity contribution in [3.05, 3.63) is 12.7 Å². The van der Waals surface area contributed by atoms with Crippen molar-refractivity contribution >= 4 is 0 Å². The summed E-state index contributed by atoms with van der Waals surface area (Å²) in [4.78, 5) is 2.45. The van der Waals surface area contributed by atoms with Crippen molar-refractivity contribution in [2.45, 2.75) is 38.5 Å². The van der Waals surface area contributed by atoms with Crippen LogP contribution in [-0.2, 0) is 0 Å². The first-order valence-corrected chi connectivity index (χ1v) is 6.09. The van der Waals surface area contributed by atoms with Gasteiger partial charge in [-0.15, -0.1) is 6.58 Å². The highest BCUT2D eigenvalue weighted by molar-refractivity contribution is 4.88. The Morgan fingerprint density at radius 3 is 3.00 bits per heavy atom. The lowest BCUT2D eigenvalue weighted by molar-refractivity contribution is 0.196. The minimum absolute atomic E-state index is 0.284. The Balaban J connectivity index is 2.05. The van der Waals surface area contributed by atoms with E-state index in [1.807, 2.05) is 6.08 Å². The van der Waals surface area contributed by atoms with E-state index in [-0.39, 0.29) is 5.92 Å². The van der Waals surface area contributed by atoms with E-state index in [9.17, 15) is 0 Å². The van der Waals surface area contributed by atoms with Gasteiger partial charge in [0.25, 0.3) is 0 Å². The first kappa shape index (κ1) is 12.3. The van der Waals surface area contributed by atoms with E-state index in [2.05, 4.69) is 17.5 Å². The molecule has 0 N–H and O–H groups in total. The molecule has 0 spiro atoms. The lowest BCUT2D eigenvalue weighted by Crippen LogP contribution is -2.35. The first-order chi connectivity index (χ1) is 7.36. The van der Waals surface area contributed by atoms with Gasteiger partial charge in [-0.25, -0.2) is 0 Å². The Morgan fingerprint density at radius 1 is 1.40 bits per heavy atom. The zero-order valence-corrected chi connectivity index (χ0v) is 9.62. The van der Waals surface area contributed by atoms with Crippen molar-refractivity contribution in [2.24, 2.45) is 5.92 Å². The average molecular weight is 206 g/mol. The van der Waals surface area contributed by atoms with Crippen LogP contribution in [0.1, 0.15) is 38.5 Å². The van der Waals surface area contributed by atoms with E-state index in [0.29, 0.717) is 0 Å². The standard InChI is InChI=1S/C13H22N2/c1-2-3-4-5-6-9-15-10-7-8-13(11-14)12-15/h2,13H,1,3-10,12H2. The molecule has 15 heavy (non-hydrogen) atoms. The summed E-state index contributed by atoms with van der Waals surface area (Å²) in [6, 6.07) is 2.39. The van der Waals surface area contributed by atoms with Gasteiger partial charge >= 0.3 is 0 Å². The number of rotatable bonds is 6. The number of hydrogen-bond acceptors (Lipinski definition) is 2. The van der Waals surface area contributed by atoms with Crippen LogP contribution < -0.4 is 0 Å². The molecule has 1 fully saturated rings. The van der Waals surface area contributed by atoms with E-state index in [4.69, 9.17) is 5.26 Å². The van der Waals surface area contributed by atoms with E-state index in [1.165, 1.54) is 38.8 Å². The number of nitrogens with zero attached hydrogens (tertiary/aromatic N) is 2. The molecular weight excluding hydrogens is 184 g/mol. The van der Waals surface area contributed by atoms with Crippen LogP contribution in [0.5, 0.6) is 0 Å². The number of piperidine rings is 1. The predicted molar refractivity (Wildman–Crippen MR) is 63.4 cm³/mol. The summed E-state index contributed by atoms with van der Waals surface area (Å²) in [5, 5.41) is 8.86. The minimum Gasteiger partial charge on any atom is -0.302 e. The van der Waals surface area contributed by atoms with Crippen LogP contribution in [0.15, 0.2) is 12.7 Å². The molecule has 0 aromatic heterocycles. The molecule has 0 amide bonds. The Morgan fingerprint density at radius 2 is 2.27 bits per heavy atom. The highest BCUT2D eigenvalue weighted by Gasteiger charge is 2.18. The molecule has 0 aromatic carbocycles. The second-order valence-electron chi connectivity index (χ2n) is 4.41. The van der Waals surface area contributed by atoms with Crippen molar-refractivity contribution in [3.63, 3.8) is 0 Å². The van der Waals surface area contributed by atoms with Crippen LogP contribution in [0.25, 0.3) is 0 Å². The molecule has 1 heterocycles. The fourth-order valence-corrected chi connectivity index (χ4v) is 2.16. The summed E-state index contributed by atoms with van der Waals surface area (Å²) in [6.45, 7) is 7.09. The number of nitriles is 1. The third-order valence-electron chi connectivity index (χ3n) is 3.07. The predicted octanol–water partition coefficient (Wildman–Crippen LogP) is 2.97. The normalized spacial score (nSPS) is 22.2. The van der Waals surface area contributed by atoms with E-state index in [1.54, 1.807) is 0 Å². The van der Waals surface area contributed by atoms with Crippen LogP contribution in [0, 0.1) is 17.2 Å². The van der Waals surface area contributed by atoms with E-state index >= 15 is 0 Å². The van der Waals surface area contributed by atoms with Crippen LogP contribution in [0.2, 0.25) is 0 Å². The van der Waals surface area contributed by atoms with Gasteiger partial charge in [-0.1, -0.05) is 12.5 Å². The summed E-state index contributed by atoms with van der Waals surface area (Å²) in [6.07, 6.45) is 9.26. The van der Waals surface area contributed by atoms with Crippen LogP contribution >= 0.6 is 0 Å². The zero-order chi connectivity index (χ0) is 10.9. The zero-order valence-electron chi connectivity index (χ0n) is 9.62. The highest BCUT2D eigenvalue weighted by Crippen LogP contribution is 2.16.